The zero-order chi connectivity index (χ0) is 9.38. The lowest BCUT2D eigenvalue weighted by Crippen LogP contribution is -2.37. The molecule has 1 fully saturated rings. The molecule has 14 heavy (non-hydrogen) atoms. The standard InChI is InChI=1S/C13H17N/c1-2-6-12-10(4-1)7-8-11-5-3-9-14-13(11)12/h1-2,4,6,11,13-14H,3,5,7-9H2/t11-,13+/m1/s1. The number of nitrogens with one attached hydrogen (secondary N) is 1. The van der Waals surface area contributed by atoms with Gasteiger partial charge in [-0.2, -0.15) is 0 Å². The third kappa shape index (κ3) is 1.27. The Morgan fingerprint density at radius 1 is 1.14 bits per heavy atom. The summed E-state index contributed by atoms with van der Waals surface area (Å²) in [5, 5.41) is 3.68. The van der Waals surface area contributed by atoms with E-state index in [0.29, 0.717) is 6.04 Å². The molecule has 3 rings (SSSR count). The van der Waals surface area contributed by atoms with E-state index in [1.165, 1.54) is 32.2 Å². The highest BCUT2D eigenvalue weighted by Gasteiger charge is 2.30. The Bertz CT molecular complexity index is 332. The first-order valence-electron chi connectivity index (χ1n) is 5.76. The van der Waals surface area contributed by atoms with Crippen molar-refractivity contribution < 1.29 is 0 Å². The molecular weight excluding hydrogens is 170 g/mol. The Labute approximate surface area is 85.5 Å². The number of hydrogen-bond donors (Lipinski definition) is 1. The molecule has 0 radical (unpaired) electrons. The van der Waals surface area contributed by atoms with Gasteiger partial charge in [0.1, 0.15) is 0 Å². The molecule has 0 aromatic heterocycles. The fourth-order valence-electron chi connectivity index (χ4n) is 3.04. The normalized spacial score (nSPS) is 30.6. The van der Waals surface area contributed by atoms with Crippen LogP contribution in [0.2, 0.25) is 0 Å². The summed E-state index contributed by atoms with van der Waals surface area (Å²) >= 11 is 0. The minimum atomic E-state index is 0.661. The maximum Gasteiger partial charge on any atom is 0.0351 e. The van der Waals surface area contributed by atoms with Crippen LogP contribution in [0.5, 0.6) is 0 Å². The largest absolute Gasteiger partial charge is 0.310 e. The first-order valence-corrected chi connectivity index (χ1v) is 5.76. The number of rotatable bonds is 0. The zero-order valence-electron chi connectivity index (χ0n) is 8.50. The average Bonchev–Trinajstić information content (AvgIpc) is 2.29. The number of fused-ring (bicyclic) bond motifs is 3. The number of benzene rings is 1. The van der Waals surface area contributed by atoms with Gasteiger partial charge < -0.3 is 5.32 Å². The molecule has 1 heteroatoms. The highest BCUT2D eigenvalue weighted by Crippen LogP contribution is 2.38. The van der Waals surface area contributed by atoms with Crippen LogP contribution in [0.3, 0.4) is 0 Å². The van der Waals surface area contributed by atoms with Gasteiger partial charge in [0.15, 0.2) is 0 Å². The van der Waals surface area contributed by atoms with Crippen molar-refractivity contribution in [3.63, 3.8) is 0 Å². The molecule has 2 aliphatic rings. The fraction of sp³-hybridized carbons (Fsp3) is 0.538. The lowest BCUT2D eigenvalue weighted by Gasteiger charge is -2.37. The molecule has 1 saturated heterocycles. The van der Waals surface area contributed by atoms with Crippen molar-refractivity contribution in [2.45, 2.75) is 31.7 Å². The van der Waals surface area contributed by atoms with Gasteiger partial charge in [-0.3, -0.25) is 0 Å². The fourth-order valence-corrected chi connectivity index (χ4v) is 3.04. The second-order valence-corrected chi connectivity index (χ2v) is 4.57. The molecule has 1 aliphatic heterocycles. The van der Waals surface area contributed by atoms with Gasteiger partial charge in [0.05, 0.1) is 0 Å². The van der Waals surface area contributed by atoms with Crippen molar-refractivity contribution in [3.05, 3.63) is 35.4 Å². The van der Waals surface area contributed by atoms with E-state index in [2.05, 4.69) is 29.6 Å². The van der Waals surface area contributed by atoms with Crippen LogP contribution in [-0.2, 0) is 6.42 Å². The van der Waals surface area contributed by atoms with Crippen molar-refractivity contribution in [1.82, 2.24) is 5.32 Å². The molecule has 0 amide bonds. The van der Waals surface area contributed by atoms with Gasteiger partial charge in [0.2, 0.25) is 0 Å². The lowest BCUT2D eigenvalue weighted by atomic mass is 9.76. The van der Waals surface area contributed by atoms with Gasteiger partial charge in [-0.25, -0.2) is 0 Å². The minimum absolute atomic E-state index is 0.661. The van der Waals surface area contributed by atoms with Crippen LogP contribution in [0.4, 0.5) is 0 Å². The summed E-state index contributed by atoms with van der Waals surface area (Å²) in [6.45, 7) is 1.20. The molecule has 1 aromatic rings. The molecule has 0 unspecified atom stereocenters. The summed E-state index contributed by atoms with van der Waals surface area (Å²) in [5.74, 6) is 0.902. The average molecular weight is 187 g/mol. The van der Waals surface area contributed by atoms with E-state index in [1.54, 1.807) is 11.1 Å². The van der Waals surface area contributed by atoms with E-state index in [-0.39, 0.29) is 0 Å². The number of piperidine rings is 1. The smallest absolute Gasteiger partial charge is 0.0351 e. The van der Waals surface area contributed by atoms with Crippen LogP contribution in [-0.4, -0.2) is 6.54 Å². The predicted octanol–water partition coefficient (Wildman–Crippen LogP) is 2.67. The maximum atomic E-state index is 3.68. The SMILES string of the molecule is c1ccc2c(c1)CC[C@H]1CCCN[C@H]21. The van der Waals surface area contributed by atoms with E-state index in [0.717, 1.165) is 5.92 Å². The first-order chi connectivity index (χ1) is 6.95. The number of aryl methyl sites for hydroxylation is 1. The number of hydrogen-bond acceptors (Lipinski definition) is 1. The van der Waals surface area contributed by atoms with Gasteiger partial charge in [0, 0.05) is 6.04 Å². The molecule has 1 N–H and O–H groups in total. The van der Waals surface area contributed by atoms with Gasteiger partial charge in [-0.1, -0.05) is 24.3 Å². The maximum absolute atomic E-state index is 3.68. The van der Waals surface area contributed by atoms with Crippen LogP contribution in [0, 0.1) is 5.92 Å². The van der Waals surface area contributed by atoms with Crippen molar-refractivity contribution in [2.75, 3.05) is 6.54 Å². The van der Waals surface area contributed by atoms with Gasteiger partial charge in [-0.05, 0) is 49.3 Å². The van der Waals surface area contributed by atoms with E-state index in [1.807, 2.05) is 0 Å². The van der Waals surface area contributed by atoms with Crippen LogP contribution < -0.4 is 5.32 Å². The van der Waals surface area contributed by atoms with Crippen molar-refractivity contribution in [2.24, 2.45) is 5.92 Å². The topological polar surface area (TPSA) is 12.0 Å². The van der Waals surface area contributed by atoms with E-state index >= 15 is 0 Å². The van der Waals surface area contributed by atoms with Crippen molar-refractivity contribution in [3.8, 4) is 0 Å². The zero-order valence-corrected chi connectivity index (χ0v) is 8.50. The summed E-state index contributed by atoms with van der Waals surface area (Å²) in [7, 11) is 0. The Hall–Kier alpha value is -0.820. The molecule has 0 saturated carbocycles. The molecule has 1 heterocycles. The molecule has 1 nitrogen and oxygen atoms in total. The minimum Gasteiger partial charge on any atom is -0.310 e. The molecule has 74 valence electrons. The van der Waals surface area contributed by atoms with Crippen molar-refractivity contribution >= 4 is 0 Å². The second kappa shape index (κ2) is 3.39. The second-order valence-electron chi connectivity index (χ2n) is 4.57. The van der Waals surface area contributed by atoms with E-state index in [9.17, 15) is 0 Å². The molecule has 1 aromatic carbocycles. The Kier molecular flexibility index (Phi) is 2.06. The first kappa shape index (κ1) is 8.49. The Morgan fingerprint density at radius 3 is 3.07 bits per heavy atom. The summed E-state index contributed by atoms with van der Waals surface area (Å²) < 4.78 is 0. The van der Waals surface area contributed by atoms with Crippen molar-refractivity contribution in [1.29, 1.82) is 0 Å². The summed E-state index contributed by atoms with van der Waals surface area (Å²) in [6, 6.07) is 9.61. The van der Waals surface area contributed by atoms with Crippen LogP contribution in [0.1, 0.15) is 36.4 Å². The summed E-state index contributed by atoms with van der Waals surface area (Å²) in [5.41, 5.74) is 3.15. The molecular formula is C13H17N. The third-order valence-electron chi connectivity index (χ3n) is 3.76. The lowest BCUT2D eigenvalue weighted by molar-refractivity contribution is 0.255. The Balaban J connectivity index is 1.99. The van der Waals surface area contributed by atoms with Crippen LogP contribution in [0.25, 0.3) is 0 Å². The monoisotopic (exact) mass is 187 g/mol. The van der Waals surface area contributed by atoms with Gasteiger partial charge in [-0.15, -0.1) is 0 Å². The molecule has 0 bridgehead atoms. The quantitative estimate of drug-likeness (QED) is 0.658. The summed E-state index contributed by atoms with van der Waals surface area (Å²) in [4.78, 5) is 0. The molecule has 2 atom stereocenters. The summed E-state index contributed by atoms with van der Waals surface area (Å²) in [6.07, 6.45) is 5.46. The van der Waals surface area contributed by atoms with E-state index < -0.39 is 0 Å². The highest BCUT2D eigenvalue weighted by molar-refractivity contribution is 5.33. The highest BCUT2D eigenvalue weighted by atomic mass is 14.9. The predicted molar refractivity (Wildman–Crippen MR) is 58.2 cm³/mol. The molecule has 0 spiro atoms. The third-order valence-corrected chi connectivity index (χ3v) is 3.76. The Morgan fingerprint density at radius 2 is 2.07 bits per heavy atom. The van der Waals surface area contributed by atoms with Crippen LogP contribution in [0.15, 0.2) is 24.3 Å². The van der Waals surface area contributed by atoms with E-state index in [4.69, 9.17) is 0 Å². The van der Waals surface area contributed by atoms with Gasteiger partial charge >= 0.3 is 0 Å². The van der Waals surface area contributed by atoms with Gasteiger partial charge in [0.25, 0.3) is 0 Å². The molecule has 1 aliphatic carbocycles. The van der Waals surface area contributed by atoms with Crippen LogP contribution >= 0.6 is 0 Å².